The van der Waals surface area contributed by atoms with Crippen molar-refractivity contribution in [2.24, 2.45) is 0 Å². The summed E-state index contributed by atoms with van der Waals surface area (Å²) in [7, 11) is 1.58. The highest BCUT2D eigenvalue weighted by atomic mass is 32.2. The van der Waals surface area contributed by atoms with E-state index in [1.807, 2.05) is 24.3 Å². The Morgan fingerprint density at radius 2 is 1.91 bits per heavy atom. The molecule has 2 N–H and O–H groups in total. The van der Waals surface area contributed by atoms with Crippen LogP contribution in [0.3, 0.4) is 0 Å². The molecule has 2 atom stereocenters. The van der Waals surface area contributed by atoms with E-state index in [4.69, 9.17) is 4.74 Å². The third-order valence-corrected chi connectivity index (χ3v) is 6.55. The second kappa shape index (κ2) is 9.42. The molecule has 4 rings (SSSR count). The first kappa shape index (κ1) is 21.9. The number of ketones is 1. The molecule has 32 heavy (non-hydrogen) atoms. The summed E-state index contributed by atoms with van der Waals surface area (Å²) in [6.07, 6.45) is 0.129. The average Bonchev–Trinajstić information content (AvgIpc) is 2.80. The normalized spacial score (nSPS) is 17.3. The highest BCUT2D eigenvalue weighted by molar-refractivity contribution is 7.94. The van der Waals surface area contributed by atoms with Crippen molar-refractivity contribution in [3.05, 3.63) is 94.8 Å². The van der Waals surface area contributed by atoms with Crippen LogP contribution in [0.5, 0.6) is 5.75 Å². The van der Waals surface area contributed by atoms with Gasteiger partial charge >= 0.3 is 0 Å². The van der Waals surface area contributed by atoms with Crippen LogP contribution >= 0.6 is 0 Å². The molecule has 8 heteroatoms. The van der Waals surface area contributed by atoms with Crippen LogP contribution in [-0.2, 0) is 24.3 Å². The maximum absolute atomic E-state index is 13.5. The monoisotopic (exact) mass is 452 g/mol. The Hall–Kier alpha value is -3.36. The summed E-state index contributed by atoms with van der Waals surface area (Å²) in [4.78, 5) is 25.7. The number of fused-ring (bicyclic) bond motifs is 1. The number of benzene rings is 3. The average molecular weight is 453 g/mol. The Morgan fingerprint density at radius 3 is 2.62 bits per heavy atom. The quantitative estimate of drug-likeness (QED) is 0.557. The zero-order valence-corrected chi connectivity index (χ0v) is 18.1. The maximum Gasteiger partial charge on any atom is 0.251 e. The number of halogens is 1. The largest absolute Gasteiger partial charge is 0.592 e. The van der Waals surface area contributed by atoms with E-state index < -0.39 is 22.4 Å². The number of Topliss-reactive ketones (excluding diaryl/α,β-unsaturated/α-hetero) is 1. The molecule has 0 saturated heterocycles. The number of ether oxygens (including phenoxy) is 1. The molecule has 2 unspecified atom stereocenters. The highest BCUT2D eigenvalue weighted by Crippen LogP contribution is 2.30. The molecule has 1 amide bonds. The number of rotatable bonds is 6. The Bertz CT molecular complexity index is 1150. The van der Waals surface area contributed by atoms with Crippen LogP contribution in [0.15, 0.2) is 66.7 Å². The Balaban J connectivity index is 1.48. The molecule has 1 aliphatic rings. The van der Waals surface area contributed by atoms with Gasteiger partial charge in [0.05, 0.1) is 29.7 Å². The van der Waals surface area contributed by atoms with Crippen molar-refractivity contribution in [2.75, 3.05) is 11.8 Å². The van der Waals surface area contributed by atoms with Gasteiger partial charge < -0.3 is 14.6 Å². The number of hydrogen-bond donors (Lipinski definition) is 2. The van der Waals surface area contributed by atoms with E-state index in [9.17, 15) is 18.5 Å². The van der Waals surface area contributed by atoms with Crippen LogP contribution in [-0.4, -0.2) is 28.6 Å². The van der Waals surface area contributed by atoms with Crippen LogP contribution in [0.1, 0.15) is 31.8 Å². The number of amides is 1. The van der Waals surface area contributed by atoms with Crippen LogP contribution in [0.4, 0.5) is 10.1 Å². The molecular formula is C24H21FN2O4S. The van der Waals surface area contributed by atoms with Gasteiger partial charge in [-0.15, -0.1) is 0 Å². The number of carbonyl (C=O) groups is 2. The minimum atomic E-state index is -1.66. The minimum absolute atomic E-state index is 0.129. The van der Waals surface area contributed by atoms with Gasteiger partial charge in [-0.1, -0.05) is 24.3 Å². The third-order valence-electron chi connectivity index (χ3n) is 5.23. The van der Waals surface area contributed by atoms with Crippen LogP contribution in [0.2, 0.25) is 0 Å². The second-order valence-electron chi connectivity index (χ2n) is 7.38. The highest BCUT2D eigenvalue weighted by Gasteiger charge is 2.39. The smallest absolute Gasteiger partial charge is 0.251 e. The standard InChI is InChI=1S/C24H21FN2O4S/c1-31-19-8-5-15(6-9-19)14-26-24(29)17-7-10-21-20(13-17)23(28)22(32(30)27-21)12-16-3-2-4-18(25)11-16/h2-11,13,22,27H,12,14H2,1H3,(H,26,29). The molecule has 0 spiro atoms. The van der Waals surface area contributed by atoms with Gasteiger partial charge in [0.1, 0.15) is 11.6 Å². The molecule has 164 valence electrons. The predicted octanol–water partition coefficient (Wildman–Crippen LogP) is 3.65. The topological polar surface area (TPSA) is 90.5 Å². The summed E-state index contributed by atoms with van der Waals surface area (Å²) in [6.45, 7) is 0.318. The van der Waals surface area contributed by atoms with Crippen molar-refractivity contribution >= 4 is 28.7 Å². The van der Waals surface area contributed by atoms with Crippen LogP contribution < -0.4 is 14.8 Å². The lowest BCUT2D eigenvalue weighted by Gasteiger charge is -2.27. The molecule has 0 saturated carbocycles. The van der Waals surface area contributed by atoms with Gasteiger partial charge in [0.25, 0.3) is 5.91 Å². The van der Waals surface area contributed by atoms with E-state index in [2.05, 4.69) is 10.0 Å². The molecule has 6 nitrogen and oxygen atoms in total. The lowest BCUT2D eigenvalue weighted by atomic mass is 9.98. The van der Waals surface area contributed by atoms with Gasteiger partial charge in [-0.05, 0) is 53.6 Å². The van der Waals surface area contributed by atoms with E-state index in [0.29, 0.717) is 28.9 Å². The van der Waals surface area contributed by atoms with E-state index in [0.717, 1.165) is 11.3 Å². The molecule has 3 aromatic carbocycles. The van der Waals surface area contributed by atoms with Crippen molar-refractivity contribution in [2.45, 2.75) is 18.2 Å². The molecule has 0 fully saturated rings. The Morgan fingerprint density at radius 1 is 1.12 bits per heavy atom. The first-order chi connectivity index (χ1) is 15.4. The predicted molar refractivity (Wildman–Crippen MR) is 121 cm³/mol. The molecule has 0 aromatic heterocycles. The summed E-state index contributed by atoms with van der Waals surface area (Å²) < 4.78 is 34.0. The maximum atomic E-state index is 13.5. The Labute approximate surface area is 188 Å². The molecule has 0 aliphatic carbocycles. The van der Waals surface area contributed by atoms with E-state index in [1.54, 1.807) is 31.4 Å². The molecule has 1 heterocycles. The number of carbonyl (C=O) groups excluding carboxylic acids is 2. The van der Waals surface area contributed by atoms with Crippen molar-refractivity contribution in [1.82, 2.24) is 5.32 Å². The summed E-state index contributed by atoms with van der Waals surface area (Å²) in [5.74, 6) is -0.359. The first-order valence-corrected chi connectivity index (χ1v) is 11.2. The number of anilines is 1. The summed E-state index contributed by atoms with van der Waals surface area (Å²) in [5.41, 5.74) is 2.51. The zero-order valence-electron chi connectivity index (χ0n) is 17.3. The molecule has 0 radical (unpaired) electrons. The van der Waals surface area contributed by atoms with Crippen molar-refractivity contribution in [3.63, 3.8) is 0 Å². The van der Waals surface area contributed by atoms with Gasteiger partial charge in [0.2, 0.25) is 11.0 Å². The SMILES string of the molecule is COc1ccc(CNC(=O)c2ccc3c(c2)C(=O)C(Cc2cccc(F)c2)[S+]([O-])N3)cc1. The molecular weight excluding hydrogens is 431 g/mol. The lowest BCUT2D eigenvalue weighted by molar-refractivity contribution is 0.0951. The van der Waals surface area contributed by atoms with Crippen molar-refractivity contribution < 1.29 is 23.3 Å². The fourth-order valence-corrected chi connectivity index (χ4v) is 4.70. The van der Waals surface area contributed by atoms with Gasteiger partial charge in [-0.2, -0.15) is 0 Å². The van der Waals surface area contributed by atoms with Gasteiger partial charge in [-0.3, -0.25) is 9.59 Å². The fourth-order valence-electron chi connectivity index (χ4n) is 3.50. The number of methoxy groups -OCH3 is 1. The molecule has 1 aliphatic heterocycles. The zero-order chi connectivity index (χ0) is 22.7. The number of hydrogen-bond acceptors (Lipinski definition) is 5. The lowest BCUT2D eigenvalue weighted by Crippen LogP contribution is -2.41. The number of nitrogens with one attached hydrogen (secondary N) is 2. The summed E-state index contributed by atoms with van der Waals surface area (Å²) in [5, 5.41) is 1.95. The van der Waals surface area contributed by atoms with Crippen LogP contribution in [0, 0.1) is 5.82 Å². The summed E-state index contributed by atoms with van der Waals surface area (Å²) >= 11 is -1.66. The Kier molecular flexibility index (Phi) is 6.43. The summed E-state index contributed by atoms with van der Waals surface area (Å²) in [6, 6.07) is 17.8. The third kappa shape index (κ3) is 4.76. The van der Waals surface area contributed by atoms with Crippen LogP contribution in [0.25, 0.3) is 0 Å². The fraction of sp³-hybridized carbons (Fsp3) is 0.167. The first-order valence-electron chi connectivity index (χ1n) is 9.95. The van der Waals surface area contributed by atoms with E-state index in [-0.39, 0.29) is 18.1 Å². The van der Waals surface area contributed by atoms with Gasteiger partial charge in [-0.25, -0.2) is 9.11 Å². The van der Waals surface area contributed by atoms with E-state index in [1.165, 1.54) is 18.2 Å². The van der Waals surface area contributed by atoms with Gasteiger partial charge in [0.15, 0.2) is 0 Å². The molecule has 3 aromatic rings. The minimum Gasteiger partial charge on any atom is -0.592 e. The van der Waals surface area contributed by atoms with Gasteiger partial charge in [0, 0.05) is 18.5 Å². The molecule has 0 bridgehead atoms. The van der Waals surface area contributed by atoms with E-state index >= 15 is 0 Å². The van der Waals surface area contributed by atoms with Crippen molar-refractivity contribution in [3.8, 4) is 5.75 Å². The van der Waals surface area contributed by atoms with Crippen molar-refractivity contribution in [1.29, 1.82) is 0 Å². The second-order valence-corrected chi connectivity index (χ2v) is 8.75.